The van der Waals surface area contributed by atoms with Crippen LogP contribution in [0.25, 0.3) is 11.3 Å². The molecule has 0 saturated carbocycles. The lowest BCUT2D eigenvalue weighted by atomic mass is 9.96. The molecule has 1 N–H and O–H groups in total. The van der Waals surface area contributed by atoms with E-state index in [1.165, 1.54) is 11.5 Å². The SMILES string of the molecule is CC(=O)N1CCC(C(=O)Nc2ccc(-c3csnn3)cc2)CC1. The van der Waals surface area contributed by atoms with Gasteiger partial charge in [-0.3, -0.25) is 9.59 Å². The van der Waals surface area contributed by atoms with E-state index >= 15 is 0 Å². The minimum Gasteiger partial charge on any atom is -0.343 e. The summed E-state index contributed by atoms with van der Waals surface area (Å²) in [6, 6.07) is 7.59. The third-order valence-electron chi connectivity index (χ3n) is 4.12. The molecule has 0 spiro atoms. The van der Waals surface area contributed by atoms with Crippen molar-refractivity contribution in [2.75, 3.05) is 18.4 Å². The van der Waals surface area contributed by atoms with Gasteiger partial charge in [0.1, 0.15) is 5.69 Å². The van der Waals surface area contributed by atoms with Gasteiger partial charge < -0.3 is 10.2 Å². The second-order valence-electron chi connectivity index (χ2n) is 5.64. The van der Waals surface area contributed by atoms with Crippen LogP contribution >= 0.6 is 11.5 Å². The lowest BCUT2D eigenvalue weighted by Gasteiger charge is -2.30. The van der Waals surface area contributed by atoms with Gasteiger partial charge in [0, 0.05) is 42.6 Å². The van der Waals surface area contributed by atoms with Crippen molar-refractivity contribution in [3.8, 4) is 11.3 Å². The fourth-order valence-electron chi connectivity index (χ4n) is 2.72. The van der Waals surface area contributed by atoms with Crippen LogP contribution in [0.5, 0.6) is 0 Å². The van der Waals surface area contributed by atoms with E-state index in [9.17, 15) is 9.59 Å². The van der Waals surface area contributed by atoms with E-state index < -0.39 is 0 Å². The van der Waals surface area contributed by atoms with Gasteiger partial charge in [-0.15, -0.1) is 5.10 Å². The van der Waals surface area contributed by atoms with E-state index in [0.717, 1.165) is 16.9 Å². The predicted molar refractivity (Wildman–Crippen MR) is 89.0 cm³/mol. The smallest absolute Gasteiger partial charge is 0.227 e. The minimum atomic E-state index is -0.0342. The first kappa shape index (κ1) is 15.6. The lowest BCUT2D eigenvalue weighted by molar-refractivity contribution is -0.132. The Morgan fingerprint density at radius 1 is 1.22 bits per heavy atom. The molecule has 0 aliphatic carbocycles. The van der Waals surface area contributed by atoms with Crippen LogP contribution in [0.4, 0.5) is 5.69 Å². The number of hydrogen-bond donors (Lipinski definition) is 1. The Labute approximate surface area is 138 Å². The van der Waals surface area contributed by atoms with Crippen LogP contribution in [0, 0.1) is 5.92 Å². The van der Waals surface area contributed by atoms with E-state index in [0.29, 0.717) is 25.9 Å². The average molecular weight is 330 g/mol. The Morgan fingerprint density at radius 2 is 1.91 bits per heavy atom. The number of benzene rings is 1. The molecule has 0 bridgehead atoms. The van der Waals surface area contributed by atoms with Crippen LogP contribution in [-0.4, -0.2) is 39.4 Å². The summed E-state index contributed by atoms with van der Waals surface area (Å²) in [5.74, 6) is 0.0697. The highest BCUT2D eigenvalue weighted by molar-refractivity contribution is 7.03. The summed E-state index contributed by atoms with van der Waals surface area (Å²) >= 11 is 1.31. The molecule has 1 aliphatic rings. The van der Waals surface area contributed by atoms with Gasteiger partial charge in [-0.05, 0) is 36.5 Å². The first-order valence-electron chi connectivity index (χ1n) is 7.57. The number of piperidine rings is 1. The standard InChI is InChI=1S/C16H18N4O2S/c1-11(21)20-8-6-13(7-9-20)16(22)17-14-4-2-12(3-5-14)15-10-23-19-18-15/h2-5,10,13H,6-9H2,1H3,(H,17,22). The number of hydrogen-bond acceptors (Lipinski definition) is 5. The Hall–Kier alpha value is -2.28. The van der Waals surface area contributed by atoms with E-state index in [-0.39, 0.29) is 17.7 Å². The molecule has 3 rings (SSSR count). The number of carbonyl (C=O) groups excluding carboxylic acids is 2. The maximum absolute atomic E-state index is 12.3. The normalized spacial score (nSPS) is 15.4. The zero-order valence-electron chi connectivity index (χ0n) is 12.9. The minimum absolute atomic E-state index is 0.0243. The van der Waals surface area contributed by atoms with Crippen LogP contribution in [0.15, 0.2) is 29.6 Å². The van der Waals surface area contributed by atoms with Gasteiger partial charge in [0.05, 0.1) is 0 Å². The summed E-state index contributed by atoms with van der Waals surface area (Å²) in [6.45, 7) is 2.88. The van der Waals surface area contributed by atoms with Crippen LogP contribution in [0.1, 0.15) is 19.8 Å². The molecule has 1 aromatic heterocycles. The third-order valence-corrected chi connectivity index (χ3v) is 4.62. The van der Waals surface area contributed by atoms with Crippen molar-refractivity contribution in [1.29, 1.82) is 0 Å². The number of likely N-dealkylation sites (tertiary alicyclic amines) is 1. The van der Waals surface area contributed by atoms with Gasteiger partial charge in [-0.1, -0.05) is 16.6 Å². The lowest BCUT2D eigenvalue weighted by Crippen LogP contribution is -2.40. The van der Waals surface area contributed by atoms with Gasteiger partial charge in [0.15, 0.2) is 0 Å². The maximum Gasteiger partial charge on any atom is 0.227 e. The molecule has 23 heavy (non-hydrogen) atoms. The fourth-order valence-corrected chi connectivity index (χ4v) is 3.18. The number of nitrogens with one attached hydrogen (secondary N) is 1. The number of aromatic nitrogens is 2. The van der Waals surface area contributed by atoms with Crippen molar-refractivity contribution >= 4 is 29.0 Å². The van der Waals surface area contributed by atoms with Gasteiger partial charge in [0.2, 0.25) is 11.8 Å². The summed E-state index contributed by atoms with van der Waals surface area (Å²) in [7, 11) is 0. The summed E-state index contributed by atoms with van der Waals surface area (Å²) in [5, 5.41) is 8.86. The topological polar surface area (TPSA) is 75.2 Å². The molecule has 0 atom stereocenters. The highest BCUT2D eigenvalue weighted by Crippen LogP contribution is 2.22. The van der Waals surface area contributed by atoms with Gasteiger partial charge in [-0.25, -0.2) is 0 Å². The third kappa shape index (κ3) is 3.73. The number of anilines is 1. The van der Waals surface area contributed by atoms with E-state index in [2.05, 4.69) is 14.9 Å². The molecule has 120 valence electrons. The molecule has 1 saturated heterocycles. The Kier molecular flexibility index (Phi) is 4.66. The molecular weight excluding hydrogens is 312 g/mol. The highest BCUT2D eigenvalue weighted by atomic mass is 32.1. The zero-order chi connectivity index (χ0) is 16.2. The molecule has 1 fully saturated rings. The molecule has 2 heterocycles. The molecule has 1 aliphatic heterocycles. The van der Waals surface area contributed by atoms with Crippen molar-refractivity contribution in [1.82, 2.24) is 14.5 Å². The largest absolute Gasteiger partial charge is 0.343 e. The summed E-state index contributed by atoms with van der Waals surface area (Å²) in [5.41, 5.74) is 2.59. The molecule has 0 unspecified atom stereocenters. The first-order valence-corrected chi connectivity index (χ1v) is 8.41. The fraction of sp³-hybridized carbons (Fsp3) is 0.375. The Balaban J connectivity index is 1.57. The average Bonchev–Trinajstić information content (AvgIpc) is 3.10. The van der Waals surface area contributed by atoms with Crippen molar-refractivity contribution in [2.45, 2.75) is 19.8 Å². The molecule has 2 amide bonds. The molecule has 6 nitrogen and oxygen atoms in total. The molecule has 2 aromatic rings. The van der Waals surface area contributed by atoms with E-state index in [1.807, 2.05) is 29.6 Å². The second kappa shape index (κ2) is 6.87. The van der Waals surface area contributed by atoms with E-state index in [4.69, 9.17) is 0 Å². The highest BCUT2D eigenvalue weighted by Gasteiger charge is 2.25. The first-order chi connectivity index (χ1) is 11.1. The number of rotatable bonds is 3. The summed E-state index contributed by atoms with van der Waals surface area (Å²) < 4.78 is 3.84. The van der Waals surface area contributed by atoms with Crippen LogP contribution < -0.4 is 5.32 Å². The van der Waals surface area contributed by atoms with Crippen LogP contribution in [-0.2, 0) is 9.59 Å². The second-order valence-corrected chi connectivity index (χ2v) is 6.25. The summed E-state index contributed by atoms with van der Waals surface area (Å²) in [4.78, 5) is 25.4. The van der Waals surface area contributed by atoms with Crippen molar-refractivity contribution in [3.05, 3.63) is 29.6 Å². The maximum atomic E-state index is 12.3. The van der Waals surface area contributed by atoms with Crippen molar-refractivity contribution in [2.24, 2.45) is 5.92 Å². The van der Waals surface area contributed by atoms with Crippen LogP contribution in [0.3, 0.4) is 0 Å². The quantitative estimate of drug-likeness (QED) is 0.938. The molecule has 0 radical (unpaired) electrons. The van der Waals surface area contributed by atoms with Crippen molar-refractivity contribution in [3.63, 3.8) is 0 Å². The van der Waals surface area contributed by atoms with Crippen molar-refractivity contribution < 1.29 is 9.59 Å². The Bertz CT molecular complexity index is 677. The number of nitrogens with zero attached hydrogens (tertiary/aromatic N) is 3. The Morgan fingerprint density at radius 3 is 2.48 bits per heavy atom. The molecular formula is C16H18N4O2S. The summed E-state index contributed by atoms with van der Waals surface area (Å²) in [6.07, 6.45) is 1.43. The van der Waals surface area contributed by atoms with Gasteiger partial charge in [0.25, 0.3) is 0 Å². The molecule has 7 heteroatoms. The predicted octanol–water partition coefficient (Wildman–Crippen LogP) is 2.40. The zero-order valence-corrected chi connectivity index (χ0v) is 13.7. The van der Waals surface area contributed by atoms with E-state index in [1.54, 1.807) is 11.8 Å². The monoisotopic (exact) mass is 330 g/mol. The number of amides is 2. The van der Waals surface area contributed by atoms with Gasteiger partial charge in [-0.2, -0.15) is 0 Å². The van der Waals surface area contributed by atoms with Gasteiger partial charge >= 0.3 is 0 Å². The number of carbonyl (C=O) groups is 2. The molecule has 1 aromatic carbocycles. The van der Waals surface area contributed by atoms with Crippen LogP contribution in [0.2, 0.25) is 0 Å².